The van der Waals surface area contributed by atoms with Crippen molar-refractivity contribution in [1.82, 2.24) is 4.98 Å². The predicted octanol–water partition coefficient (Wildman–Crippen LogP) is 5.15. The Morgan fingerprint density at radius 3 is 2.17 bits per heavy atom. The summed E-state index contributed by atoms with van der Waals surface area (Å²) in [4.78, 5) is 31.0. The molecule has 8 heteroatoms. The number of amides is 1. The molecular weight excluding hydrogens is 430 g/mol. The molecule has 2 aromatic carbocycles. The van der Waals surface area contributed by atoms with Crippen LogP contribution >= 0.6 is 23.2 Å². The van der Waals surface area contributed by atoms with Crippen molar-refractivity contribution in [3.63, 3.8) is 0 Å². The Balaban J connectivity index is 1.97. The standard InChI is InChI=1S/C22H13Cl2FN2O3/c23-14-9-15(24)11-17(10-14)27-19(12-1-3-16(25)4-2-12)18(21(29)22(27)30)20(28)13-5-7-26-8-6-13/h1-11,19,28H/b20-18+. The lowest BCUT2D eigenvalue weighted by atomic mass is 9.95. The van der Waals surface area contributed by atoms with Crippen molar-refractivity contribution < 1.29 is 19.1 Å². The van der Waals surface area contributed by atoms with E-state index in [0.717, 1.165) is 0 Å². The highest BCUT2D eigenvalue weighted by Gasteiger charge is 2.47. The highest BCUT2D eigenvalue weighted by atomic mass is 35.5. The van der Waals surface area contributed by atoms with Crippen LogP contribution in [0.2, 0.25) is 10.0 Å². The average molecular weight is 443 g/mol. The fourth-order valence-corrected chi connectivity index (χ4v) is 3.92. The van der Waals surface area contributed by atoms with Crippen molar-refractivity contribution in [2.75, 3.05) is 4.90 Å². The average Bonchev–Trinajstić information content (AvgIpc) is 2.99. The maximum absolute atomic E-state index is 13.5. The third kappa shape index (κ3) is 3.56. The second kappa shape index (κ2) is 7.89. The lowest BCUT2D eigenvalue weighted by Crippen LogP contribution is -2.29. The van der Waals surface area contributed by atoms with E-state index in [1.807, 2.05) is 0 Å². The Morgan fingerprint density at radius 2 is 1.57 bits per heavy atom. The van der Waals surface area contributed by atoms with Gasteiger partial charge in [0, 0.05) is 33.7 Å². The second-order valence-corrected chi connectivity index (χ2v) is 7.46. The first kappa shape index (κ1) is 20.1. The maximum atomic E-state index is 13.5. The largest absolute Gasteiger partial charge is 0.507 e. The van der Waals surface area contributed by atoms with E-state index < -0.39 is 23.5 Å². The molecule has 1 saturated heterocycles. The van der Waals surface area contributed by atoms with Gasteiger partial charge in [-0.15, -0.1) is 0 Å². The van der Waals surface area contributed by atoms with Gasteiger partial charge in [0.25, 0.3) is 11.7 Å². The summed E-state index contributed by atoms with van der Waals surface area (Å²) in [7, 11) is 0. The number of ketones is 1. The number of rotatable bonds is 3. The molecule has 0 bridgehead atoms. The van der Waals surface area contributed by atoms with E-state index >= 15 is 0 Å². The Labute approximate surface area is 181 Å². The first-order chi connectivity index (χ1) is 14.4. The molecule has 1 aliphatic heterocycles. The quantitative estimate of drug-likeness (QED) is 0.345. The summed E-state index contributed by atoms with van der Waals surface area (Å²) in [5.41, 5.74) is 0.896. The zero-order chi connectivity index (χ0) is 21.4. The smallest absolute Gasteiger partial charge is 0.300 e. The van der Waals surface area contributed by atoms with Crippen LogP contribution in [0.5, 0.6) is 0 Å². The van der Waals surface area contributed by atoms with Gasteiger partial charge >= 0.3 is 0 Å². The molecule has 1 fully saturated rings. The van der Waals surface area contributed by atoms with Gasteiger partial charge < -0.3 is 5.11 Å². The summed E-state index contributed by atoms with van der Waals surface area (Å²) in [6.07, 6.45) is 2.91. The van der Waals surface area contributed by atoms with Gasteiger partial charge in [0.1, 0.15) is 11.6 Å². The van der Waals surface area contributed by atoms with E-state index in [1.54, 1.807) is 0 Å². The van der Waals surface area contributed by atoms with E-state index in [0.29, 0.717) is 11.1 Å². The lowest BCUT2D eigenvalue weighted by molar-refractivity contribution is -0.132. The van der Waals surface area contributed by atoms with E-state index in [1.165, 1.54) is 71.9 Å². The number of benzene rings is 2. The summed E-state index contributed by atoms with van der Waals surface area (Å²) in [6, 6.07) is 11.8. The maximum Gasteiger partial charge on any atom is 0.300 e. The Morgan fingerprint density at radius 1 is 0.967 bits per heavy atom. The molecule has 5 nitrogen and oxygen atoms in total. The Hall–Kier alpha value is -3.22. The van der Waals surface area contributed by atoms with Gasteiger partial charge in [-0.05, 0) is 48.0 Å². The molecule has 150 valence electrons. The number of nitrogens with zero attached hydrogens (tertiary/aromatic N) is 2. The van der Waals surface area contributed by atoms with Crippen LogP contribution in [0.15, 0.2) is 72.6 Å². The number of hydrogen-bond acceptors (Lipinski definition) is 4. The van der Waals surface area contributed by atoms with Crippen LogP contribution in [0.4, 0.5) is 10.1 Å². The molecule has 1 atom stereocenters. The molecular formula is C22H13Cl2FN2O3. The summed E-state index contributed by atoms with van der Waals surface area (Å²) in [6.45, 7) is 0. The van der Waals surface area contributed by atoms with Gasteiger partial charge in [-0.2, -0.15) is 0 Å². The van der Waals surface area contributed by atoms with Gasteiger partial charge in [-0.3, -0.25) is 19.5 Å². The third-order valence-electron chi connectivity index (χ3n) is 4.71. The number of anilines is 1. The molecule has 1 unspecified atom stereocenters. The molecule has 3 aromatic rings. The number of aliphatic hydroxyl groups is 1. The number of carbonyl (C=O) groups excluding carboxylic acids is 2. The topological polar surface area (TPSA) is 70.5 Å². The number of hydrogen-bond donors (Lipinski definition) is 1. The fourth-order valence-electron chi connectivity index (χ4n) is 3.40. The molecule has 0 radical (unpaired) electrons. The number of Topliss-reactive ketones (excluding diaryl/α,β-unsaturated/α-hetero) is 1. The summed E-state index contributed by atoms with van der Waals surface area (Å²) >= 11 is 12.2. The van der Waals surface area contributed by atoms with Crippen LogP contribution in [0, 0.1) is 5.82 Å². The van der Waals surface area contributed by atoms with Crippen molar-refractivity contribution in [2.24, 2.45) is 0 Å². The minimum absolute atomic E-state index is 0.131. The van der Waals surface area contributed by atoms with Crippen LogP contribution in [0.1, 0.15) is 17.2 Å². The lowest BCUT2D eigenvalue weighted by Gasteiger charge is -2.25. The minimum Gasteiger partial charge on any atom is -0.507 e. The molecule has 0 aliphatic carbocycles. The monoisotopic (exact) mass is 442 g/mol. The zero-order valence-electron chi connectivity index (χ0n) is 15.2. The Bertz CT molecular complexity index is 1160. The van der Waals surface area contributed by atoms with Crippen molar-refractivity contribution in [2.45, 2.75) is 6.04 Å². The summed E-state index contributed by atoms with van der Waals surface area (Å²) in [5, 5.41) is 11.4. The highest BCUT2D eigenvalue weighted by molar-refractivity contribution is 6.52. The molecule has 0 saturated carbocycles. The Kier molecular flexibility index (Phi) is 5.28. The number of aliphatic hydroxyl groups excluding tert-OH is 1. The van der Waals surface area contributed by atoms with E-state index in [9.17, 15) is 19.1 Å². The second-order valence-electron chi connectivity index (χ2n) is 6.58. The predicted molar refractivity (Wildman–Crippen MR) is 112 cm³/mol. The van der Waals surface area contributed by atoms with Gasteiger partial charge in [-0.25, -0.2) is 4.39 Å². The van der Waals surface area contributed by atoms with E-state index in [4.69, 9.17) is 23.2 Å². The van der Waals surface area contributed by atoms with Crippen molar-refractivity contribution in [3.05, 3.63) is 99.6 Å². The van der Waals surface area contributed by atoms with E-state index in [-0.39, 0.29) is 27.1 Å². The van der Waals surface area contributed by atoms with Crippen LogP contribution in [-0.4, -0.2) is 21.8 Å². The van der Waals surface area contributed by atoms with E-state index in [2.05, 4.69) is 4.98 Å². The van der Waals surface area contributed by atoms with Crippen LogP contribution in [0.25, 0.3) is 5.76 Å². The van der Waals surface area contributed by atoms with Crippen molar-refractivity contribution in [1.29, 1.82) is 0 Å². The number of aromatic nitrogens is 1. The molecule has 1 amide bonds. The molecule has 1 aliphatic rings. The number of carbonyl (C=O) groups is 2. The minimum atomic E-state index is -1.01. The number of pyridine rings is 1. The molecule has 4 rings (SSSR count). The zero-order valence-corrected chi connectivity index (χ0v) is 16.7. The fraction of sp³-hybridized carbons (Fsp3) is 0.0455. The van der Waals surface area contributed by atoms with Gasteiger partial charge in [0.15, 0.2) is 0 Å². The van der Waals surface area contributed by atoms with Crippen LogP contribution in [-0.2, 0) is 9.59 Å². The highest BCUT2D eigenvalue weighted by Crippen LogP contribution is 2.43. The summed E-state index contributed by atoms with van der Waals surface area (Å²) < 4.78 is 13.5. The summed E-state index contributed by atoms with van der Waals surface area (Å²) in [5.74, 6) is -2.58. The SMILES string of the molecule is O=C1C(=O)N(c2cc(Cl)cc(Cl)c2)C(c2ccc(F)cc2)/C1=C(\O)c1ccncc1. The van der Waals surface area contributed by atoms with Crippen LogP contribution in [0.3, 0.4) is 0 Å². The van der Waals surface area contributed by atoms with Gasteiger partial charge in [0.2, 0.25) is 0 Å². The molecule has 1 aromatic heterocycles. The number of halogens is 3. The first-order valence-corrected chi connectivity index (χ1v) is 9.55. The van der Waals surface area contributed by atoms with Crippen molar-refractivity contribution >= 4 is 46.3 Å². The first-order valence-electron chi connectivity index (χ1n) is 8.80. The molecule has 30 heavy (non-hydrogen) atoms. The van der Waals surface area contributed by atoms with Gasteiger partial charge in [0.05, 0.1) is 11.6 Å². The normalized spacial score (nSPS) is 18.1. The van der Waals surface area contributed by atoms with Gasteiger partial charge in [-0.1, -0.05) is 35.3 Å². The van der Waals surface area contributed by atoms with Crippen molar-refractivity contribution in [3.8, 4) is 0 Å². The third-order valence-corrected chi connectivity index (χ3v) is 5.15. The van der Waals surface area contributed by atoms with Crippen LogP contribution < -0.4 is 4.90 Å². The molecule has 2 heterocycles. The molecule has 1 N–H and O–H groups in total. The molecule has 0 spiro atoms.